The van der Waals surface area contributed by atoms with Crippen LogP contribution in [0.15, 0.2) is 18.3 Å². The van der Waals surface area contributed by atoms with Gasteiger partial charge in [-0.05, 0) is 30.9 Å². The lowest BCUT2D eigenvalue weighted by Gasteiger charge is -2.30. The number of methoxy groups -OCH3 is 1. The zero-order chi connectivity index (χ0) is 14.4. The minimum atomic E-state index is -0.157. The largest absolute Gasteiger partial charge is 0.480 e. The van der Waals surface area contributed by atoms with Gasteiger partial charge in [0.05, 0.1) is 7.11 Å². The van der Waals surface area contributed by atoms with Crippen LogP contribution in [0.5, 0.6) is 5.88 Å². The summed E-state index contributed by atoms with van der Waals surface area (Å²) in [5.74, 6) is 0.681. The quantitative estimate of drug-likeness (QED) is 0.859. The summed E-state index contributed by atoms with van der Waals surface area (Å²) in [6.45, 7) is 0.471. The Kier molecular flexibility index (Phi) is 5.35. The van der Waals surface area contributed by atoms with Crippen molar-refractivity contribution in [2.45, 2.75) is 38.1 Å². The van der Waals surface area contributed by atoms with Crippen LogP contribution in [0.4, 0.5) is 0 Å². The normalized spacial score (nSPS) is 17.5. The van der Waals surface area contributed by atoms with Gasteiger partial charge in [0.1, 0.15) is 5.56 Å². The van der Waals surface area contributed by atoms with Crippen LogP contribution in [0, 0.1) is 5.92 Å². The molecule has 1 aliphatic carbocycles. The van der Waals surface area contributed by atoms with Crippen molar-refractivity contribution in [2.75, 3.05) is 13.7 Å². The van der Waals surface area contributed by atoms with Crippen LogP contribution in [0.2, 0.25) is 0 Å². The monoisotopic (exact) mass is 277 g/mol. The third-order valence-corrected chi connectivity index (χ3v) is 4.00. The van der Waals surface area contributed by atoms with E-state index in [1.165, 1.54) is 26.4 Å². The van der Waals surface area contributed by atoms with Crippen molar-refractivity contribution in [1.82, 2.24) is 10.3 Å². The standard InChI is InChI=1S/C15H23N3O2/c1-20-15-12(8-5-9-17-15)14(19)18-13(10-16)11-6-3-2-4-7-11/h5,8-9,11,13H,2-4,6-7,10,16H2,1H3,(H,18,19). The summed E-state index contributed by atoms with van der Waals surface area (Å²) in [7, 11) is 1.51. The molecule has 0 saturated heterocycles. The molecule has 0 aliphatic heterocycles. The molecule has 3 N–H and O–H groups in total. The highest BCUT2D eigenvalue weighted by Gasteiger charge is 2.25. The van der Waals surface area contributed by atoms with Gasteiger partial charge in [-0.3, -0.25) is 4.79 Å². The first-order chi connectivity index (χ1) is 9.76. The Labute approximate surface area is 119 Å². The fraction of sp³-hybridized carbons (Fsp3) is 0.600. The van der Waals surface area contributed by atoms with Crippen LogP contribution < -0.4 is 15.8 Å². The molecule has 1 unspecified atom stereocenters. The summed E-state index contributed by atoms with van der Waals surface area (Å²) >= 11 is 0. The minimum absolute atomic E-state index is 0.0349. The molecule has 5 nitrogen and oxygen atoms in total. The molecule has 1 fully saturated rings. The predicted molar refractivity (Wildman–Crippen MR) is 77.7 cm³/mol. The smallest absolute Gasteiger partial charge is 0.257 e. The average molecular weight is 277 g/mol. The van der Waals surface area contributed by atoms with Gasteiger partial charge in [-0.1, -0.05) is 19.3 Å². The van der Waals surface area contributed by atoms with Crippen LogP contribution >= 0.6 is 0 Å². The highest BCUT2D eigenvalue weighted by molar-refractivity contribution is 5.96. The molecule has 1 aliphatic rings. The number of amides is 1. The van der Waals surface area contributed by atoms with E-state index in [9.17, 15) is 4.79 Å². The highest BCUT2D eigenvalue weighted by Crippen LogP contribution is 2.26. The second-order valence-electron chi connectivity index (χ2n) is 5.27. The maximum Gasteiger partial charge on any atom is 0.257 e. The number of hydrogen-bond donors (Lipinski definition) is 2. The first kappa shape index (κ1) is 14.8. The molecule has 0 spiro atoms. The fourth-order valence-corrected chi connectivity index (χ4v) is 2.88. The Bertz CT molecular complexity index is 444. The molecule has 20 heavy (non-hydrogen) atoms. The van der Waals surface area contributed by atoms with E-state index in [4.69, 9.17) is 10.5 Å². The van der Waals surface area contributed by atoms with Crippen LogP contribution in [0.25, 0.3) is 0 Å². The first-order valence-electron chi connectivity index (χ1n) is 7.26. The lowest BCUT2D eigenvalue weighted by molar-refractivity contribution is 0.0911. The van der Waals surface area contributed by atoms with E-state index >= 15 is 0 Å². The van der Waals surface area contributed by atoms with Gasteiger partial charge in [0.15, 0.2) is 0 Å². The third-order valence-electron chi connectivity index (χ3n) is 4.00. The van der Waals surface area contributed by atoms with E-state index in [0.717, 1.165) is 12.8 Å². The number of ether oxygens (including phenoxy) is 1. The number of nitrogens with zero attached hydrogens (tertiary/aromatic N) is 1. The molecule has 2 rings (SSSR count). The number of carbonyl (C=O) groups excluding carboxylic acids is 1. The number of pyridine rings is 1. The molecular formula is C15H23N3O2. The van der Waals surface area contributed by atoms with Crippen molar-refractivity contribution in [2.24, 2.45) is 11.7 Å². The van der Waals surface area contributed by atoms with Gasteiger partial charge in [-0.25, -0.2) is 4.98 Å². The maximum atomic E-state index is 12.3. The van der Waals surface area contributed by atoms with Crippen molar-refractivity contribution in [3.63, 3.8) is 0 Å². The second kappa shape index (κ2) is 7.24. The summed E-state index contributed by atoms with van der Waals surface area (Å²) in [4.78, 5) is 16.4. The van der Waals surface area contributed by atoms with E-state index in [2.05, 4.69) is 10.3 Å². The van der Waals surface area contributed by atoms with Gasteiger partial charge >= 0.3 is 0 Å². The van der Waals surface area contributed by atoms with E-state index < -0.39 is 0 Å². The third kappa shape index (κ3) is 3.48. The number of nitrogens with one attached hydrogen (secondary N) is 1. The molecule has 0 aromatic carbocycles. The van der Waals surface area contributed by atoms with E-state index in [0.29, 0.717) is 23.9 Å². The number of aromatic nitrogens is 1. The summed E-state index contributed by atoms with van der Waals surface area (Å²) in [5, 5.41) is 3.04. The highest BCUT2D eigenvalue weighted by atomic mass is 16.5. The number of nitrogens with two attached hydrogens (primary N) is 1. The molecule has 1 saturated carbocycles. The van der Waals surface area contributed by atoms with Crippen LogP contribution in [0.1, 0.15) is 42.5 Å². The number of rotatable bonds is 5. The molecule has 5 heteroatoms. The van der Waals surface area contributed by atoms with Gasteiger partial charge in [0, 0.05) is 18.8 Å². The zero-order valence-corrected chi connectivity index (χ0v) is 12.0. The van der Waals surface area contributed by atoms with Crippen molar-refractivity contribution in [3.8, 4) is 5.88 Å². The summed E-state index contributed by atoms with van der Waals surface area (Å²) in [6.07, 6.45) is 7.65. The molecule has 1 aromatic heterocycles. The average Bonchev–Trinajstić information content (AvgIpc) is 2.53. The van der Waals surface area contributed by atoms with Gasteiger partial charge in [0.25, 0.3) is 5.91 Å². The Balaban J connectivity index is 2.04. The summed E-state index contributed by atoms with van der Waals surface area (Å²) in [6, 6.07) is 3.48. The van der Waals surface area contributed by atoms with Gasteiger partial charge < -0.3 is 15.8 Å². The molecule has 1 aromatic rings. The Morgan fingerprint density at radius 1 is 1.50 bits per heavy atom. The summed E-state index contributed by atoms with van der Waals surface area (Å²) in [5.41, 5.74) is 6.30. The van der Waals surface area contributed by atoms with Crippen LogP contribution in [0.3, 0.4) is 0 Å². The lowest BCUT2D eigenvalue weighted by Crippen LogP contribution is -2.46. The molecule has 110 valence electrons. The van der Waals surface area contributed by atoms with Crippen LogP contribution in [-0.2, 0) is 0 Å². The predicted octanol–water partition coefficient (Wildman–Crippen LogP) is 1.73. The van der Waals surface area contributed by atoms with E-state index in [1.807, 2.05) is 0 Å². The van der Waals surface area contributed by atoms with Gasteiger partial charge in [0.2, 0.25) is 5.88 Å². The zero-order valence-electron chi connectivity index (χ0n) is 12.0. The van der Waals surface area contributed by atoms with Crippen molar-refractivity contribution in [1.29, 1.82) is 0 Å². The molecule has 0 radical (unpaired) electrons. The van der Waals surface area contributed by atoms with Crippen molar-refractivity contribution < 1.29 is 9.53 Å². The Hall–Kier alpha value is -1.62. The maximum absolute atomic E-state index is 12.3. The van der Waals surface area contributed by atoms with Crippen LogP contribution in [-0.4, -0.2) is 30.6 Å². The Morgan fingerprint density at radius 2 is 2.25 bits per heavy atom. The minimum Gasteiger partial charge on any atom is -0.480 e. The van der Waals surface area contributed by atoms with Gasteiger partial charge in [-0.15, -0.1) is 0 Å². The lowest BCUT2D eigenvalue weighted by atomic mass is 9.84. The fourth-order valence-electron chi connectivity index (χ4n) is 2.88. The van der Waals surface area contributed by atoms with Gasteiger partial charge in [-0.2, -0.15) is 0 Å². The molecule has 0 bridgehead atoms. The first-order valence-corrected chi connectivity index (χ1v) is 7.26. The topological polar surface area (TPSA) is 77.2 Å². The SMILES string of the molecule is COc1ncccc1C(=O)NC(CN)C1CCCCC1. The molecule has 1 atom stereocenters. The second-order valence-corrected chi connectivity index (χ2v) is 5.27. The molecule has 1 heterocycles. The van der Waals surface area contributed by atoms with Crippen molar-refractivity contribution >= 4 is 5.91 Å². The number of hydrogen-bond acceptors (Lipinski definition) is 4. The number of carbonyl (C=O) groups is 1. The van der Waals surface area contributed by atoms with E-state index in [-0.39, 0.29) is 11.9 Å². The molecule has 1 amide bonds. The Morgan fingerprint density at radius 3 is 2.90 bits per heavy atom. The summed E-state index contributed by atoms with van der Waals surface area (Å²) < 4.78 is 5.12. The van der Waals surface area contributed by atoms with Crippen molar-refractivity contribution in [3.05, 3.63) is 23.9 Å². The molecular weight excluding hydrogens is 254 g/mol. The van der Waals surface area contributed by atoms with E-state index in [1.54, 1.807) is 18.3 Å².